The van der Waals surface area contributed by atoms with Crippen LogP contribution in [0.15, 0.2) is 72.8 Å². The number of halogens is 2. The maximum absolute atomic E-state index is 13.7. The van der Waals surface area contributed by atoms with Crippen LogP contribution in [0.1, 0.15) is 25.0 Å². The first kappa shape index (κ1) is 21.3. The van der Waals surface area contributed by atoms with Crippen LogP contribution in [0.2, 0.25) is 10.0 Å². The quantitative estimate of drug-likeness (QED) is 0.493. The Morgan fingerprint density at radius 1 is 0.935 bits per heavy atom. The topological polar surface area (TPSA) is 43.8 Å². The van der Waals surface area contributed by atoms with Gasteiger partial charge >= 0.3 is 6.03 Å². The Bertz CT molecular complexity index is 1180. The fraction of sp³-hybridized carbons (Fsp3) is 0.160. The van der Waals surface area contributed by atoms with Crippen molar-refractivity contribution in [2.75, 3.05) is 9.80 Å². The fourth-order valence-electron chi connectivity index (χ4n) is 3.96. The Balaban J connectivity index is 1.91. The van der Waals surface area contributed by atoms with E-state index in [4.69, 9.17) is 23.2 Å². The first-order valence-corrected chi connectivity index (χ1v) is 10.5. The summed E-state index contributed by atoms with van der Waals surface area (Å²) < 4.78 is 0. The third-order valence-electron chi connectivity index (χ3n) is 5.45. The Morgan fingerprint density at radius 2 is 1.52 bits per heavy atom. The number of aliphatic hydroxyl groups is 1. The number of hydrogen-bond donors (Lipinski definition) is 1. The molecule has 1 aliphatic rings. The number of nitrogens with zero attached hydrogens (tertiary/aromatic N) is 2. The zero-order chi connectivity index (χ0) is 22.2. The van der Waals surface area contributed by atoms with E-state index in [2.05, 4.69) is 11.8 Å². The molecule has 1 N–H and O–H groups in total. The summed E-state index contributed by atoms with van der Waals surface area (Å²) in [6.07, 6.45) is 0. The summed E-state index contributed by atoms with van der Waals surface area (Å²) in [5.74, 6) is 5.89. The van der Waals surface area contributed by atoms with Crippen molar-refractivity contribution in [3.05, 3.63) is 94.0 Å². The molecule has 156 valence electrons. The van der Waals surface area contributed by atoms with Gasteiger partial charge in [-0.1, -0.05) is 41.3 Å². The van der Waals surface area contributed by atoms with Gasteiger partial charge in [-0.3, -0.25) is 9.80 Å². The van der Waals surface area contributed by atoms with Gasteiger partial charge in [-0.15, -0.1) is 5.92 Å². The third-order valence-corrected chi connectivity index (χ3v) is 5.96. The molecule has 0 bridgehead atoms. The monoisotopic (exact) mass is 450 g/mol. The van der Waals surface area contributed by atoms with Gasteiger partial charge in [0.05, 0.1) is 6.04 Å². The Morgan fingerprint density at radius 3 is 2.10 bits per heavy atom. The molecule has 1 heterocycles. The van der Waals surface area contributed by atoms with Crippen molar-refractivity contribution in [3.63, 3.8) is 0 Å². The normalized spacial score (nSPS) is 20.5. The molecule has 0 aliphatic carbocycles. The van der Waals surface area contributed by atoms with E-state index in [0.29, 0.717) is 27.0 Å². The summed E-state index contributed by atoms with van der Waals surface area (Å²) >= 11 is 12.1. The smallest absolute Gasteiger partial charge is 0.332 e. The molecular formula is C25H20Cl2N2O2. The molecule has 0 radical (unpaired) electrons. The summed E-state index contributed by atoms with van der Waals surface area (Å²) in [6, 6.07) is 20.2. The van der Waals surface area contributed by atoms with E-state index >= 15 is 0 Å². The second-order valence-electron chi connectivity index (χ2n) is 7.30. The number of carbonyl (C=O) groups is 1. The molecule has 1 fully saturated rings. The van der Waals surface area contributed by atoms with E-state index in [1.54, 1.807) is 66.4 Å². The summed E-state index contributed by atoms with van der Waals surface area (Å²) in [5, 5.41) is 13.2. The zero-order valence-corrected chi connectivity index (χ0v) is 18.5. The highest BCUT2D eigenvalue weighted by Crippen LogP contribution is 2.44. The molecule has 4 rings (SSSR count). The van der Waals surface area contributed by atoms with Crippen molar-refractivity contribution >= 4 is 40.6 Å². The standard InChI is InChI=1S/C25H20Cl2N2O2/c1-3-5-18-6-4-7-19(16-18)25(31)17(2)28(22-12-8-20(26)9-13-22)24(30)29(25)23-14-10-21(27)11-15-23/h4,6-17,31H,1-2H3/t17-,25?/m0/s1. The lowest BCUT2D eigenvalue weighted by molar-refractivity contribution is 0.0372. The zero-order valence-electron chi connectivity index (χ0n) is 17.0. The first-order chi connectivity index (χ1) is 14.9. The summed E-state index contributed by atoms with van der Waals surface area (Å²) in [7, 11) is 0. The number of carbonyl (C=O) groups excluding carboxylic acids is 1. The Labute approximate surface area is 191 Å². The van der Waals surface area contributed by atoms with Crippen LogP contribution in [0.25, 0.3) is 0 Å². The lowest BCUT2D eigenvalue weighted by atomic mass is 9.93. The van der Waals surface area contributed by atoms with Crippen molar-refractivity contribution in [1.82, 2.24) is 0 Å². The molecule has 1 saturated heterocycles. The number of benzene rings is 3. The average molecular weight is 451 g/mol. The van der Waals surface area contributed by atoms with Crippen molar-refractivity contribution in [2.45, 2.75) is 25.6 Å². The fourth-order valence-corrected chi connectivity index (χ4v) is 4.21. The van der Waals surface area contributed by atoms with Crippen LogP contribution in [0.3, 0.4) is 0 Å². The van der Waals surface area contributed by atoms with Crippen molar-refractivity contribution < 1.29 is 9.90 Å². The maximum Gasteiger partial charge on any atom is 0.332 e. The minimum absolute atomic E-state index is 0.355. The van der Waals surface area contributed by atoms with Crippen LogP contribution in [0.5, 0.6) is 0 Å². The highest BCUT2D eigenvalue weighted by molar-refractivity contribution is 6.31. The maximum atomic E-state index is 13.7. The summed E-state index contributed by atoms with van der Waals surface area (Å²) in [6.45, 7) is 3.58. The van der Waals surface area contributed by atoms with Gasteiger partial charge in [-0.05, 0) is 74.5 Å². The second kappa shape index (κ2) is 8.28. The van der Waals surface area contributed by atoms with Crippen LogP contribution in [0.4, 0.5) is 16.2 Å². The molecule has 4 nitrogen and oxygen atoms in total. The highest BCUT2D eigenvalue weighted by atomic mass is 35.5. The van der Waals surface area contributed by atoms with E-state index in [1.807, 2.05) is 25.1 Å². The number of rotatable bonds is 3. The first-order valence-electron chi connectivity index (χ1n) is 9.76. The molecule has 3 aromatic carbocycles. The highest BCUT2D eigenvalue weighted by Gasteiger charge is 2.56. The molecule has 2 amide bonds. The Kier molecular flexibility index (Phi) is 5.68. The predicted octanol–water partition coefficient (Wildman–Crippen LogP) is 6.05. The Hall–Kier alpha value is -2.97. The number of amides is 2. The van der Waals surface area contributed by atoms with Gasteiger partial charge < -0.3 is 5.11 Å². The van der Waals surface area contributed by atoms with Crippen LogP contribution in [-0.4, -0.2) is 17.2 Å². The van der Waals surface area contributed by atoms with Crippen molar-refractivity contribution in [3.8, 4) is 11.8 Å². The lowest BCUT2D eigenvalue weighted by Gasteiger charge is -2.35. The molecule has 0 spiro atoms. The van der Waals surface area contributed by atoms with E-state index in [1.165, 1.54) is 4.90 Å². The van der Waals surface area contributed by atoms with Gasteiger partial charge in [0.25, 0.3) is 0 Å². The minimum Gasteiger partial charge on any atom is -0.365 e. The number of hydrogen-bond acceptors (Lipinski definition) is 2. The van der Waals surface area contributed by atoms with E-state index < -0.39 is 11.8 Å². The molecule has 6 heteroatoms. The molecule has 0 saturated carbocycles. The van der Waals surface area contributed by atoms with E-state index in [-0.39, 0.29) is 6.03 Å². The predicted molar refractivity (Wildman–Crippen MR) is 126 cm³/mol. The van der Waals surface area contributed by atoms with Gasteiger partial charge in [0.1, 0.15) is 0 Å². The molecule has 31 heavy (non-hydrogen) atoms. The molecule has 3 aromatic rings. The van der Waals surface area contributed by atoms with Gasteiger partial charge in [0.15, 0.2) is 5.72 Å². The van der Waals surface area contributed by atoms with E-state index in [0.717, 1.165) is 5.56 Å². The molecule has 1 unspecified atom stereocenters. The van der Waals surface area contributed by atoms with Crippen LogP contribution < -0.4 is 9.80 Å². The molecule has 0 aromatic heterocycles. The molecule has 2 atom stereocenters. The van der Waals surface area contributed by atoms with Gasteiger partial charge in [-0.25, -0.2) is 4.79 Å². The second-order valence-corrected chi connectivity index (χ2v) is 8.17. The SMILES string of the molecule is CC#Cc1cccc(C2(O)[C@H](C)N(c3ccc(Cl)cc3)C(=O)N2c2ccc(Cl)cc2)c1. The van der Waals surface area contributed by atoms with Crippen molar-refractivity contribution in [2.24, 2.45) is 0 Å². The lowest BCUT2D eigenvalue weighted by Crippen LogP contribution is -2.48. The van der Waals surface area contributed by atoms with E-state index in [9.17, 15) is 9.90 Å². The van der Waals surface area contributed by atoms with Gasteiger partial charge in [-0.2, -0.15) is 0 Å². The third kappa shape index (κ3) is 3.66. The molecule has 1 aliphatic heterocycles. The number of urea groups is 1. The van der Waals surface area contributed by atoms with Crippen LogP contribution >= 0.6 is 23.2 Å². The summed E-state index contributed by atoms with van der Waals surface area (Å²) in [4.78, 5) is 16.7. The van der Waals surface area contributed by atoms with Gasteiger partial charge in [0.2, 0.25) is 0 Å². The largest absolute Gasteiger partial charge is 0.365 e. The minimum atomic E-state index is -1.64. The molecular weight excluding hydrogens is 431 g/mol. The van der Waals surface area contributed by atoms with Crippen LogP contribution in [-0.2, 0) is 5.72 Å². The average Bonchev–Trinajstić information content (AvgIpc) is 2.96. The van der Waals surface area contributed by atoms with Gasteiger partial charge in [0, 0.05) is 32.5 Å². The van der Waals surface area contributed by atoms with Crippen molar-refractivity contribution in [1.29, 1.82) is 0 Å². The number of anilines is 2. The van der Waals surface area contributed by atoms with Crippen LogP contribution in [0, 0.1) is 11.8 Å². The summed E-state index contributed by atoms with van der Waals surface area (Å²) in [5.41, 5.74) is 0.860.